The van der Waals surface area contributed by atoms with Crippen LogP contribution in [0.5, 0.6) is 5.75 Å². The lowest BCUT2D eigenvalue weighted by Crippen LogP contribution is -2.44. The number of nitrogens with zero attached hydrogens (tertiary/aromatic N) is 1. The van der Waals surface area contributed by atoms with Crippen molar-refractivity contribution in [2.75, 3.05) is 11.5 Å². The largest absolute Gasteiger partial charge is 0.493 e. The summed E-state index contributed by atoms with van der Waals surface area (Å²) in [5, 5.41) is 13.5. The molecule has 2 atom stereocenters. The van der Waals surface area contributed by atoms with Crippen LogP contribution in [0.25, 0.3) is 0 Å². The minimum atomic E-state index is -0.970. The highest BCUT2D eigenvalue weighted by Gasteiger charge is 2.33. The van der Waals surface area contributed by atoms with Crippen LogP contribution in [0.3, 0.4) is 0 Å². The molecule has 0 saturated heterocycles. The molecule has 0 saturated carbocycles. The molecular weight excluding hydrogens is 546 g/mol. The molecule has 3 aromatic rings. The molecule has 0 radical (unpaired) electrons. The van der Waals surface area contributed by atoms with Gasteiger partial charge in [-0.25, -0.2) is 8.78 Å². The highest BCUT2D eigenvalue weighted by molar-refractivity contribution is 8.00. The number of ether oxygens (including phenoxy) is 1. The fourth-order valence-corrected chi connectivity index (χ4v) is 6.09. The van der Waals surface area contributed by atoms with E-state index in [1.54, 1.807) is 41.5 Å². The van der Waals surface area contributed by atoms with Crippen molar-refractivity contribution in [2.45, 2.75) is 94.7 Å². The van der Waals surface area contributed by atoms with E-state index in [0.717, 1.165) is 24.2 Å². The lowest BCUT2D eigenvalue weighted by molar-refractivity contribution is 0.0948. The summed E-state index contributed by atoms with van der Waals surface area (Å²) in [5.74, 6) is -0.897. The van der Waals surface area contributed by atoms with Gasteiger partial charge in [0.05, 0.1) is 36.9 Å². The number of carbonyl (C=O) groups is 1. The van der Waals surface area contributed by atoms with Crippen LogP contribution >= 0.6 is 11.8 Å². The van der Waals surface area contributed by atoms with Gasteiger partial charge >= 0.3 is 0 Å². The van der Waals surface area contributed by atoms with Crippen LogP contribution < -0.4 is 15.0 Å². The fourth-order valence-electron chi connectivity index (χ4n) is 4.92. The quantitative estimate of drug-likeness (QED) is 0.177. The standard InChI is InChI=1S/C32H40F2N2O4S/c1-3-4-5-6-7-8-9-10-15-40-25-18-27(33)26(28(34)19-25)21-36-29-14-13-23(17-30(29)41-22(2)32(36)38)31(37)35-20-24-12-11-16-39-24/h11-14,16-19,22,32,38H,3-10,15,20-21H2,1-2H3,(H,35,37). The Morgan fingerprint density at radius 3 is 2.44 bits per heavy atom. The Kier molecular flexibility index (Phi) is 11.5. The van der Waals surface area contributed by atoms with Gasteiger partial charge in [0.2, 0.25) is 0 Å². The number of hydrogen-bond acceptors (Lipinski definition) is 6. The number of nitrogens with one attached hydrogen (secondary N) is 1. The Bertz CT molecular complexity index is 1250. The minimum absolute atomic E-state index is 0.145. The van der Waals surface area contributed by atoms with Gasteiger partial charge in [-0.2, -0.15) is 0 Å². The zero-order chi connectivity index (χ0) is 29.2. The van der Waals surface area contributed by atoms with Crippen molar-refractivity contribution < 1.29 is 27.8 Å². The topological polar surface area (TPSA) is 74.9 Å². The number of aliphatic hydroxyl groups is 1. The lowest BCUT2D eigenvalue weighted by Gasteiger charge is -2.39. The molecule has 222 valence electrons. The molecule has 0 aliphatic carbocycles. The van der Waals surface area contributed by atoms with Crippen molar-refractivity contribution >= 4 is 23.4 Å². The average molecular weight is 587 g/mol. The third kappa shape index (κ3) is 8.49. The number of thioether (sulfide) groups is 1. The fraction of sp³-hybridized carbons (Fsp3) is 0.469. The van der Waals surface area contributed by atoms with Crippen molar-refractivity contribution in [1.82, 2.24) is 5.32 Å². The number of furan rings is 1. The smallest absolute Gasteiger partial charge is 0.251 e. The Morgan fingerprint density at radius 2 is 1.76 bits per heavy atom. The van der Waals surface area contributed by atoms with E-state index in [4.69, 9.17) is 9.15 Å². The van der Waals surface area contributed by atoms with E-state index < -0.39 is 17.9 Å². The van der Waals surface area contributed by atoms with Crippen molar-refractivity contribution in [3.63, 3.8) is 0 Å². The molecule has 1 aliphatic rings. The number of carbonyl (C=O) groups excluding carboxylic acids is 1. The van der Waals surface area contributed by atoms with Crippen molar-refractivity contribution in [3.8, 4) is 5.75 Å². The van der Waals surface area contributed by atoms with Gasteiger partial charge in [-0.3, -0.25) is 4.79 Å². The van der Waals surface area contributed by atoms with Crippen LogP contribution in [0.4, 0.5) is 14.5 Å². The Balaban J connectivity index is 1.37. The van der Waals surface area contributed by atoms with Gasteiger partial charge in [-0.1, -0.05) is 51.9 Å². The van der Waals surface area contributed by atoms with Crippen LogP contribution in [0.1, 0.15) is 86.9 Å². The van der Waals surface area contributed by atoms with E-state index in [1.165, 1.54) is 56.0 Å². The maximum absolute atomic E-state index is 15.1. The van der Waals surface area contributed by atoms with E-state index in [9.17, 15) is 9.90 Å². The average Bonchev–Trinajstić information content (AvgIpc) is 3.48. The first kappa shape index (κ1) is 30.9. The Morgan fingerprint density at radius 1 is 1.05 bits per heavy atom. The molecule has 0 fully saturated rings. The molecule has 9 heteroatoms. The maximum atomic E-state index is 15.1. The highest BCUT2D eigenvalue weighted by atomic mass is 32.2. The molecular formula is C32H40F2N2O4S. The first-order valence-electron chi connectivity index (χ1n) is 14.5. The van der Waals surface area contributed by atoms with E-state index in [1.807, 2.05) is 6.92 Å². The summed E-state index contributed by atoms with van der Waals surface area (Å²) in [4.78, 5) is 15.0. The number of halogens is 2. The number of rotatable bonds is 15. The van der Waals surface area contributed by atoms with Gasteiger partial charge in [0, 0.05) is 28.2 Å². The van der Waals surface area contributed by atoms with Gasteiger partial charge in [0.25, 0.3) is 5.91 Å². The first-order chi connectivity index (χ1) is 19.9. The zero-order valence-electron chi connectivity index (χ0n) is 23.8. The van der Waals surface area contributed by atoms with Gasteiger partial charge < -0.3 is 24.5 Å². The number of unbranched alkanes of at least 4 members (excludes halogenated alkanes) is 7. The van der Waals surface area contributed by atoms with E-state index >= 15 is 8.78 Å². The SMILES string of the molecule is CCCCCCCCCCOc1cc(F)c(CN2c3ccc(C(=O)NCc4ccco4)cc3SC(C)C2O)c(F)c1. The second kappa shape index (κ2) is 15.3. The summed E-state index contributed by atoms with van der Waals surface area (Å²) >= 11 is 1.41. The molecule has 0 spiro atoms. The zero-order valence-corrected chi connectivity index (χ0v) is 24.7. The number of aliphatic hydroxyl groups excluding tert-OH is 1. The first-order valence-corrected chi connectivity index (χ1v) is 15.4. The summed E-state index contributed by atoms with van der Waals surface area (Å²) in [5.41, 5.74) is 0.910. The van der Waals surface area contributed by atoms with E-state index in [-0.39, 0.29) is 35.6 Å². The van der Waals surface area contributed by atoms with Crippen LogP contribution in [-0.2, 0) is 13.1 Å². The number of amides is 1. The second-order valence-corrected chi connectivity index (χ2v) is 11.9. The molecule has 1 amide bonds. The summed E-state index contributed by atoms with van der Waals surface area (Å²) < 4.78 is 41.1. The van der Waals surface area contributed by atoms with Crippen molar-refractivity contribution in [3.05, 3.63) is 77.2 Å². The monoisotopic (exact) mass is 586 g/mol. The van der Waals surface area contributed by atoms with E-state index in [0.29, 0.717) is 23.6 Å². The van der Waals surface area contributed by atoms with Gasteiger partial charge in [-0.15, -0.1) is 11.8 Å². The number of anilines is 1. The van der Waals surface area contributed by atoms with Gasteiger partial charge in [-0.05, 0) is 43.7 Å². The predicted molar refractivity (Wildman–Crippen MR) is 158 cm³/mol. The number of hydrogen-bond donors (Lipinski definition) is 2. The lowest BCUT2D eigenvalue weighted by atomic mass is 10.1. The summed E-state index contributed by atoms with van der Waals surface area (Å²) in [7, 11) is 0. The third-order valence-electron chi connectivity index (χ3n) is 7.30. The Hall–Kier alpha value is -3.04. The van der Waals surface area contributed by atoms with Crippen LogP contribution in [0.15, 0.2) is 58.0 Å². The molecule has 1 aliphatic heterocycles. The molecule has 2 N–H and O–H groups in total. The van der Waals surface area contributed by atoms with Crippen molar-refractivity contribution in [1.29, 1.82) is 0 Å². The maximum Gasteiger partial charge on any atom is 0.251 e. The molecule has 6 nitrogen and oxygen atoms in total. The summed E-state index contributed by atoms with van der Waals surface area (Å²) in [6.45, 7) is 4.55. The molecule has 4 rings (SSSR count). The molecule has 2 heterocycles. The van der Waals surface area contributed by atoms with Crippen molar-refractivity contribution in [2.24, 2.45) is 0 Å². The highest BCUT2D eigenvalue weighted by Crippen LogP contribution is 2.42. The van der Waals surface area contributed by atoms with Gasteiger partial charge in [0.15, 0.2) is 0 Å². The van der Waals surface area contributed by atoms with Crippen LogP contribution in [0.2, 0.25) is 0 Å². The summed E-state index contributed by atoms with van der Waals surface area (Å²) in [6.07, 6.45) is 9.85. The molecule has 41 heavy (non-hydrogen) atoms. The molecule has 0 bridgehead atoms. The minimum Gasteiger partial charge on any atom is -0.493 e. The number of benzene rings is 2. The Labute approximate surface area is 245 Å². The second-order valence-electron chi connectivity index (χ2n) is 10.5. The predicted octanol–water partition coefficient (Wildman–Crippen LogP) is 7.83. The van der Waals surface area contributed by atoms with Crippen LogP contribution in [0, 0.1) is 11.6 Å². The molecule has 2 unspecified atom stereocenters. The van der Waals surface area contributed by atoms with Gasteiger partial charge in [0.1, 0.15) is 29.4 Å². The van der Waals surface area contributed by atoms with E-state index in [2.05, 4.69) is 12.2 Å². The molecule has 1 aromatic heterocycles. The normalized spacial score (nSPS) is 16.5. The third-order valence-corrected chi connectivity index (χ3v) is 8.49. The van der Waals surface area contributed by atoms with Crippen LogP contribution in [-0.4, -0.2) is 29.1 Å². The molecule has 2 aromatic carbocycles. The summed E-state index contributed by atoms with van der Waals surface area (Å²) in [6, 6.07) is 11.0. The number of fused-ring (bicyclic) bond motifs is 1.